The van der Waals surface area contributed by atoms with Gasteiger partial charge in [0.25, 0.3) is 5.56 Å². The summed E-state index contributed by atoms with van der Waals surface area (Å²) in [5.74, 6) is 0.591. The minimum atomic E-state index is -0.114. The lowest BCUT2D eigenvalue weighted by Crippen LogP contribution is -2.18. The molecule has 128 valence electrons. The van der Waals surface area contributed by atoms with E-state index in [1.807, 2.05) is 78.9 Å². The number of aromatic nitrogens is 1. The number of rotatable bonds is 4. The second-order valence-electron chi connectivity index (χ2n) is 5.92. The monoisotopic (exact) mass is 405 g/mol. The second-order valence-corrected chi connectivity index (χ2v) is 6.77. The fraction of sp³-hybridized carbons (Fsp3) is 0.0455. The molecule has 4 rings (SSSR count). The van der Waals surface area contributed by atoms with E-state index in [4.69, 9.17) is 4.74 Å². The molecule has 0 saturated carbocycles. The largest absolute Gasteiger partial charge is 0.488 e. The quantitative estimate of drug-likeness (QED) is 0.459. The molecule has 26 heavy (non-hydrogen) atoms. The van der Waals surface area contributed by atoms with E-state index in [1.165, 1.54) is 0 Å². The first kappa shape index (κ1) is 16.6. The fourth-order valence-electron chi connectivity index (χ4n) is 2.98. The maximum Gasteiger partial charge on any atom is 0.259 e. The van der Waals surface area contributed by atoms with E-state index in [2.05, 4.69) is 15.9 Å². The standard InChI is InChI=1S/C22H16BrNO2/c23-19-12-6-4-8-16(19)15-26-21-14-22(25)24(17-9-2-1-3-10-17)20-13-7-5-11-18(20)21/h1-14H,15H2. The molecule has 0 aliphatic heterocycles. The molecule has 4 heteroatoms. The highest BCUT2D eigenvalue weighted by Crippen LogP contribution is 2.27. The summed E-state index contributed by atoms with van der Waals surface area (Å²) in [5.41, 5.74) is 2.58. The number of halogens is 1. The summed E-state index contributed by atoms with van der Waals surface area (Å²) < 4.78 is 8.71. The van der Waals surface area contributed by atoms with Gasteiger partial charge in [-0.15, -0.1) is 0 Å². The number of ether oxygens (including phenoxy) is 1. The minimum Gasteiger partial charge on any atom is -0.488 e. The van der Waals surface area contributed by atoms with Gasteiger partial charge in [-0.05, 0) is 30.3 Å². The molecule has 3 aromatic carbocycles. The van der Waals surface area contributed by atoms with Crippen LogP contribution in [0.3, 0.4) is 0 Å². The van der Waals surface area contributed by atoms with Crippen molar-refractivity contribution in [3.63, 3.8) is 0 Å². The Bertz CT molecular complexity index is 1120. The van der Waals surface area contributed by atoms with Gasteiger partial charge < -0.3 is 4.74 Å². The maximum absolute atomic E-state index is 12.8. The van der Waals surface area contributed by atoms with Gasteiger partial charge in [0.1, 0.15) is 12.4 Å². The highest BCUT2D eigenvalue weighted by molar-refractivity contribution is 9.10. The van der Waals surface area contributed by atoms with Gasteiger partial charge in [0, 0.05) is 27.2 Å². The SMILES string of the molecule is O=c1cc(OCc2ccccc2Br)c2ccccc2n1-c1ccccc1. The van der Waals surface area contributed by atoms with Gasteiger partial charge in [-0.3, -0.25) is 9.36 Å². The van der Waals surface area contributed by atoms with Crippen molar-refractivity contribution >= 4 is 26.8 Å². The molecule has 3 nitrogen and oxygen atoms in total. The predicted octanol–water partition coefficient (Wildman–Crippen LogP) is 5.33. The average Bonchev–Trinajstić information content (AvgIpc) is 2.68. The van der Waals surface area contributed by atoms with E-state index < -0.39 is 0 Å². The summed E-state index contributed by atoms with van der Waals surface area (Å²) in [5, 5.41) is 0.906. The van der Waals surface area contributed by atoms with Crippen LogP contribution in [-0.4, -0.2) is 4.57 Å². The van der Waals surface area contributed by atoms with Gasteiger partial charge in [0.15, 0.2) is 0 Å². The Kier molecular flexibility index (Phi) is 4.59. The Morgan fingerprint density at radius 2 is 1.54 bits per heavy atom. The summed E-state index contributed by atoms with van der Waals surface area (Å²) in [6.07, 6.45) is 0. The third-order valence-electron chi connectivity index (χ3n) is 4.24. The fourth-order valence-corrected chi connectivity index (χ4v) is 3.38. The van der Waals surface area contributed by atoms with Crippen LogP contribution in [0.4, 0.5) is 0 Å². The van der Waals surface area contributed by atoms with Gasteiger partial charge in [0.2, 0.25) is 0 Å². The van der Waals surface area contributed by atoms with Crippen LogP contribution in [0.1, 0.15) is 5.56 Å². The summed E-state index contributed by atoms with van der Waals surface area (Å²) in [4.78, 5) is 12.8. The highest BCUT2D eigenvalue weighted by Gasteiger charge is 2.11. The van der Waals surface area contributed by atoms with Crippen molar-refractivity contribution in [1.29, 1.82) is 0 Å². The van der Waals surface area contributed by atoms with Gasteiger partial charge in [0.05, 0.1) is 5.52 Å². The van der Waals surface area contributed by atoms with Gasteiger partial charge in [-0.2, -0.15) is 0 Å². The number of nitrogens with zero attached hydrogens (tertiary/aromatic N) is 1. The number of hydrogen-bond acceptors (Lipinski definition) is 2. The molecule has 0 fully saturated rings. The Balaban J connectivity index is 1.80. The number of benzene rings is 3. The Labute approximate surface area is 159 Å². The van der Waals surface area contributed by atoms with Crippen LogP contribution in [-0.2, 0) is 6.61 Å². The number of para-hydroxylation sites is 2. The molecule has 0 amide bonds. The summed E-state index contributed by atoms with van der Waals surface area (Å²) >= 11 is 3.53. The molecule has 0 aliphatic carbocycles. The van der Waals surface area contributed by atoms with Crippen molar-refractivity contribution in [2.75, 3.05) is 0 Å². The average molecular weight is 406 g/mol. The summed E-state index contributed by atoms with van der Waals surface area (Å²) in [7, 11) is 0. The van der Waals surface area contributed by atoms with E-state index in [-0.39, 0.29) is 5.56 Å². The Hall–Kier alpha value is -2.85. The number of fused-ring (bicyclic) bond motifs is 1. The van der Waals surface area contributed by atoms with Crippen LogP contribution in [0.25, 0.3) is 16.6 Å². The lowest BCUT2D eigenvalue weighted by atomic mass is 10.1. The van der Waals surface area contributed by atoms with Crippen molar-refractivity contribution in [1.82, 2.24) is 4.57 Å². The third-order valence-corrected chi connectivity index (χ3v) is 5.01. The zero-order valence-corrected chi connectivity index (χ0v) is 15.5. The van der Waals surface area contributed by atoms with Crippen molar-refractivity contribution in [3.8, 4) is 11.4 Å². The topological polar surface area (TPSA) is 31.2 Å². The van der Waals surface area contributed by atoms with Gasteiger partial charge in [-0.25, -0.2) is 0 Å². The summed E-state index contributed by atoms with van der Waals surface area (Å²) in [6, 6.07) is 26.9. The van der Waals surface area contributed by atoms with Crippen LogP contribution in [0.2, 0.25) is 0 Å². The molecule has 4 aromatic rings. The smallest absolute Gasteiger partial charge is 0.259 e. The zero-order valence-electron chi connectivity index (χ0n) is 13.9. The molecule has 1 aromatic heterocycles. The van der Waals surface area contributed by atoms with Crippen LogP contribution in [0.15, 0.2) is 94.2 Å². The van der Waals surface area contributed by atoms with E-state index >= 15 is 0 Å². The van der Waals surface area contributed by atoms with Crippen LogP contribution < -0.4 is 10.3 Å². The van der Waals surface area contributed by atoms with E-state index in [0.717, 1.165) is 26.6 Å². The molecule has 0 bridgehead atoms. The van der Waals surface area contributed by atoms with E-state index in [1.54, 1.807) is 10.6 Å². The molecule has 0 aliphatic rings. The van der Waals surface area contributed by atoms with Crippen molar-refractivity contribution in [3.05, 3.63) is 105 Å². The van der Waals surface area contributed by atoms with Crippen molar-refractivity contribution < 1.29 is 4.74 Å². The molecule has 0 radical (unpaired) electrons. The first-order valence-electron chi connectivity index (χ1n) is 8.30. The van der Waals surface area contributed by atoms with E-state index in [0.29, 0.717) is 12.4 Å². The number of hydrogen-bond donors (Lipinski definition) is 0. The molecule has 1 heterocycles. The van der Waals surface area contributed by atoms with Crippen molar-refractivity contribution in [2.24, 2.45) is 0 Å². The maximum atomic E-state index is 12.8. The predicted molar refractivity (Wildman–Crippen MR) is 108 cm³/mol. The summed E-state index contributed by atoms with van der Waals surface area (Å²) in [6.45, 7) is 0.389. The van der Waals surface area contributed by atoms with Gasteiger partial charge in [-0.1, -0.05) is 64.5 Å². The molecule has 0 atom stereocenters. The molecular formula is C22H16BrNO2. The first-order valence-corrected chi connectivity index (χ1v) is 9.10. The molecule has 0 spiro atoms. The highest BCUT2D eigenvalue weighted by atomic mass is 79.9. The molecule has 0 N–H and O–H groups in total. The Morgan fingerprint density at radius 3 is 2.35 bits per heavy atom. The normalized spacial score (nSPS) is 10.8. The second kappa shape index (κ2) is 7.18. The molecule has 0 unspecified atom stereocenters. The minimum absolute atomic E-state index is 0.114. The zero-order chi connectivity index (χ0) is 17.9. The van der Waals surface area contributed by atoms with Crippen LogP contribution in [0.5, 0.6) is 5.75 Å². The first-order chi connectivity index (χ1) is 12.7. The Morgan fingerprint density at radius 1 is 0.846 bits per heavy atom. The van der Waals surface area contributed by atoms with Crippen LogP contribution >= 0.6 is 15.9 Å². The van der Waals surface area contributed by atoms with E-state index in [9.17, 15) is 4.79 Å². The number of pyridine rings is 1. The lowest BCUT2D eigenvalue weighted by Gasteiger charge is -2.14. The molecule has 0 saturated heterocycles. The third kappa shape index (κ3) is 3.16. The van der Waals surface area contributed by atoms with Crippen molar-refractivity contribution in [2.45, 2.75) is 6.61 Å². The molecular weight excluding hydrogens is 390 g/mol. The van der Waals surface area contributed by atoms with Gasteiger partial charge >= 0.3 is 0 Å². The van der Waals surface area contributed by atoms with Crippen LogP contribution in [0, 0.1) is 0 Å². The lowest BCUT2D eigenvalue weighted by molar-refractivity contribution is 0.308.